The molecule has 0 radical (unpaired) electrons. The van der Waals surface area contributed by atoms with E-state index in [1.807, 2.05) is 6.92 Å². The first kappa shape index (κ1) is 12.7. The molecule has 2 aliphatic heterocycles. The molecular formula is C12H13ClN2O3. The number of ether oxygens (including phenoxy) is 1. The van der Waals surface area contributed by atoms with Crippen molar-refractivity contribution < 1.29 is 14.4 Å². The smallest absolute Gasteiger partial charge is 0.417 e. The quantitative estimate of drug-likeness (QED) is 0.735. The van der Waals surface area contributed by atoms with Crippen LogP contribution < -0.4 is 0 Å². The van der Waals surface area contributed by atoms with E-state index in [0.29, 0.717) is 17.2 Å². The number of cyclic esters (lactones) is 1. The van der Waals surface area contributed by atoms with Crippen molar-refractivity contribution in [1.82, 2.24) is 4.90 Å². The summed E-state index contributed by atoms with van der Waals surface area (Å²) in [6.45, 7) is 5.79. The first-order valence-electron chi connectivity index (χ1n) is 5.46. The Balaban J connectivity index is 2.22. The number of hydrogen-bond donors (Lipinski definition) is 0. The predicted molar refractivity (Wildman–Crippen MR) is 68.0 cm³/mol. The highest BCUT2D eigenvalue weighted by Crippen LogP contribution is 2.23. The van der Waals surface area contributed by atoms with E-state index in [1.165, 1.54) is 4.90 Å². The average molecular weight is 269 g/mol. The number of nitrogens with zero attached hydrogens (tertiary/aromatic N) is 2. The number of amides is 1. The highest BCUT2D eigenvalue weighted by molar-refractivity contribution is 6.31. The Bertz CT molecular complexity index is 468. The molecule has 0 fully saturated rings. The van der Waals surface area contributed by atoms with E-state index < -0.39 is 12.3 Å². The first-order valence-corrected chi connectivity index (χ1v) is 5.83. The summed E-state index contributed by atoms with van der Waals surface area (Å²) in [5.41, 5.74) is 1.22. The van der Waals surface area contributed by atoms with Crippen molar-refractivity contribution in [2.75, 3.05) is 6.61 Å². The number of halogens is 1. The molecule has 0 bridgehead atoms. The molecule has 0 aromatic heterocycles. The van der Waals surface area contributed by atoms with E-state index in [2.05, 4.69) is 11.7 Å². The Morgan fingerprint density at radius 3 is 3.06 bits per heavy atom. The van der Waals surface area contributed by atoms with Crippen LogP contribution in [0.1, 0.15) is 13.3 Å². The van der Waals surface area contributed by atoms with Gasteiger partial charge in [-0.05, 0) is 25.2 Å². The highest BCUT2D eigenvalue weighted by atomic mass is 35.5. The van der Waals surface area contributed by atoms with Gasteiger partial charge in [-0.25, -0.2) is 9.69 Å². The predicted octanol–water partition coefficient (Wildman–Crippen LogP) is 2.75. The fraction of sp³-hybridized carbons (Fsp3) is 0.333. The summed E-state index contributed by atoms with van der Waals surface area (Å²) in [7, 11) is 0. The van der Waals surface area contributed by atoms with E-state index in [1.54, 1.807) is 18.2 Å². The van der Waals surface area contributed by atoms with Crippen molar-refractivity contribution in [3.8, 4) is 0 Å². The van der Waals surface area contributed by atoms with Crippen LogP contribution in [0.4, 0.5) is 4.79 Å². The lowest BCUT2D eigenvalue weighted by molar-refractivity contribution is -0.0145. The van der Waals surface area contributed by atoms with Crippen LogP contribution in [0.25, 0.3) is 0 Å². The Morgan fingerprint density at radius 1 is 1.61 bits per heavy atom. The number of oxime groups is 1. The molecule has 1 amide bonds. The zero-order chi connectivity index (χ0) is 13.1. The van der Waals surface area contributed by atoms with Gasteiger partial charge in [-0.1, -0.05) is 23.3 Å². The van der Waals surface area contributed by atoms with Gasteiger partial charge in [-0.15, -0.1) is 0 Å². The van der Waals surface area contributed by atoms with Crippen molar-refractivity contribution >= 4 is 23.4 Å². The molecule has 1 unspecified atom stereocenters. The number of hydrogen-bond acceptors (Lipinski definition) is 4. The molecule has 1 atom stereocenters. The van der Waals surface area contributed by atoms with E-state index in [4.69, 9.17) is 21.2 Å². The first-order chi connectivity index (χ1) is 8.58. The van der Waals surface area contributed by atoms with Crippen LogP contribution in [-0.4, -0.2) is 29.5 Å². The van der Waals surface area contributed by atoms with Crippen molar-refractivity contribution in [3.63, 3.8) is 0 Å². The third-order valence-electron chi connectivity index (χ3n) is 2.48. The SMILES string of the molecule is C=C1/C=C(Cl)\C=C/COC(=O)N1C1CC(C)=NO1. The van der Waals surface area contributed by atoms with Gasteiger partial charge in [0.2, 0.25) is 6.23 Å². The van der Waals surface area contributed by atoms with Gasteiger partial charge >= 0.3 is 6.09 Å². The Morgan fingerprint density at radius 2 is 2.39 bits per heavy atom. The van der Waals surface area contributed by atoms with Crippen molar-refractivity contribution in [1.29, 1.82) is 0 Å². The third kappa shape index (κ3) is 2.73. The topological polar surface area (TPSA) is 51.1 Å². The number of carbonyl (C=O) groups is 1. The molecule has 5 nitrogen and oxygen atoms in total. The fourth-order valence-electron chi connectivity index (χ4n) is 1.66. The highest BCUT2D eigenvalue weighted by Gasteiger charge is 2.32. The van der Waals surface area contributed by atoms with E-state index in [-0.39, 0.29) is 6.61 Å². The van der Waals surface area contributed by atoms with Gasteiger partial charge in [-0.2, -0.15) is 0 Å². The molecule has 0 saturated heterocycles. The van der Waals surface area contributed by atoms with Crippen molar-refractivity contribution in [2.45, 2.75) is 19.6 Å². The summed E-state index contributed by atoms with van der Waals surface area (Å²) < 4.78 is 5.06. The molecule has 6 heteroatoms. The molecule has 96 valence electrons. The minimum absolute atomic E-state index is 0.152. The largest absolute Gasteiger partial charge is 0.445 e. The van der Waals surface area contributed by atoms with Crippen LogP contribution in [0.15, 0.2) is 40.7 Å². The maximum atomic E-state index is 11.9. The Labute approximate surface area is 110 Å². The maximum Gasteiger partial charge on any atom is 0.417 e. The molecule has 18 heavy (non-hydrogen) atoms. The molecule has 0 saturated carbocycles. The Kier molecular flexibility index (Phi) is 3.72. The lowest BCUT2D eigenvalue weighted by atomic mass is 10.2. The lowest BCUT2D eigenvalue weighted by Gasteiger charge is -2.25. The second-order valence-corrected chi connectivity index (χ2v) is 4.40. The van der Waals surface area contributed by atoms with Crippen LogP contribution in [0.2, 0.25) is 0 Å². The van der Waals surface area contributed by atoms with Gasteiger partial charge in [0.1, 0.15) is 6.61 Å². The number of rotatable bonds is 1. The molecule has 2 rings (SSSR count). The van der Waals surface area contributed by atoms with E-state index >= 15 is 0 Å². The van der Waals surface area contributed by atoms with E-state index in [9.17, 15) is 4.79 Å². The molecule has 0 N–H and O–H groups in total. The third-order valence-corrected chi connectivity index (χ3v) is 2.71. The second kappa shape index (κ2) is 5.27. The van der Waals surface area contributed by atoms with Crippen LogP contribution in [-0.2, 0) is 9.57 Å². The van der Waals surface area contributed by atoms with Crippen LogP contribution in [0.3, 0.4) is 0 Å². The average Bonchev–Trinajstić information content (AvgIpc) is 2.71. The fourth-order valence-corrected chi connectivity index (χ4v) is 1.88. The maximum absolute atomic E-state index is 11.9. The number of allylic oxidation sites excluding steroid dienone is 3. The summed E-state index contributed by atoms with van der Waals surface area (Å²) >= 11 is 5.96. The minimum Gasteiger partial charge on any atom is -0.445 e. The van der Waals surface area contributed by atoms with Gasteiger partial charge in [0.05, 0.1) is 5.71 Å². The summed E-state index contributed by atoms with van der Waals surface area (Å²) in [6.07, 6.45) is 4.37. The summed E-state index contributed by atoms with van der Waals surface area (Å²) in [4.78, 5) is 18.4. The normalized spacial score (nSPS) is 29.2. The zero-order valence-corrected chi connectivity index (χ0v) is 10.7. The molecule has 2 heterocycles. The van der Waals surface area contributed by atoms with Crippen molar-refractivity contribution in [2.24, 2.45) is 5.16 Å². The summed E-state index contributed by atoms with van der Waals surface area (Å²) in [6, 6.07) is 0. The van der Waals surface area contributed by atoms with Gasteiger partial charge in [0, 0.05) is 17.2 Å². The van der Waals surface area contributed by atoms with Crippen LogP contribution >= 0.6 is 11.6 Å². The molecule has 0 aromatic carbocycles. The summed E-state index contributed by atoms with van der Waals surface area (Å²) in [5.74, 6) is 0. The Hall–Kier alpha value is -1.75. The summed E-state index contributed by atoms with van der Waals surface area (Å²) in [5, 5.41) is 4.29. The molecular weight excluding hydrogens is 256 g/mol. The zero-order valence-electron chi connectivity index (χ0n) is 9.93. The lowest BCUT2D eigenvalue weighted by Crippen LogP contribution is -2.39. The van der Waals surface area contributed by atoms with Gasteiger partial charge in [-0.3, -0.25) is 0 Å². The molecule has 0 spiro atoms. The van der Waals surface area contributed by atoms with Crippen molar-refractivity contribution in [3.05, 3.63) is 35.5 Å². The molecule has 0 aromatic rings. The second-order valence-electron chi connectivity index (χ2n) is 3.96. The molecule has 2 aliphatic rings. The van der Waals surface area contributed by atoms with Crippen LogP contribution in [0.5, 0.6) is 0 Å². The van der Waals surface area contributed by atoms with E-state index in [0.717, 1.165) is 5.71 Å². The standard InChI is InChI=1S/C12H13ClN2O3/c1-8-6-11(18-14-8)15-9(2)7-10(13)4-3-5-17-12(15)16/h3-4,7,11H,2,5-6H2,1H3/b4-3-,10-7+. The monoisotopic (exact) mass is 268 g/mol. The minimum atomic E-state index is -0.526. The van der Waals surface area contributed by atoms with Gasteiger partial charge in [0.15, 0.2) is 0 Å². The number of carbonyl (C=O) groups excluding carboxylic acids is 1. The molecule has 0 aliphatic carbocycles. The van der Waals surface area contributed by atoms with Gasteiger partial charge < -0.3 is 9.57 Å². The van der Waals surface area contributed by atoms with Crippen LogP contribution in [0, 0.1) is 0 Å². The van der Waals surface area contributed by atoms with Gasteiger partial charge in [0.25, 0.3) is 0 Å².